The van der Waals surface area contributed by atoms with E-state index >= 15 is 0 Å². The predicted molar refractivity (Wildman–Crippen MR) is 98.3 cm³/mol. The van der Waals surface area contributed by atoms with Crippen LogP contribution in [-0.4, -0.2) is 14.2 Å². The summed E-state index contributed by atoms with van der Waals surface area (Å²) < 4.78 is 6.31. The van der Waals surface area contributed by atoms with E-state index in [4.69, 9.17) is 4.74 Å². The van der Waals surface area contributed by atoms with E-state index in [1.165, 1.54) is 0 Å². The van der Waals surface area contributed by atoms with Crippen molar-refractivity contribution in [2.24, 2.45) is 0 Å². The van der Waals surface area contributed by atoms with Gasteiger partial charge in [-0.2, -0.15) is 5.26 Å². The number of hydrogen-bond donors (Lipinski definition) is 0. The van der Waals surface area contributed by atoms with Crippen LogP contribution in [0.15, 0.2) is 70.9 Å². The Balaban J connectivity index is 2.20. The molecule has 0 radical (unpaired) electrons. The lowest BCUT2D eigenvalue weighted by Crippen LogP contribution is -2.14. The van der Waals surface area contributed by atoms with Gasteiger partial charge in [-0.1, -0.05) is 46.3 Å². The third kappa shape index (κ3) is 4.48. The molecular formula is C19H17BrN2O. The van der Waals surface area contributed by atoms with Crippen molar-refractivity contribution in [3.05, 3.63) is 76.4 Å². The molecule has 116 valence electrons. The van der Waals surface area contributed by atoms with Crippen molar-refractivity contribution in [3.8, 4) is 11.8 Å². The normalized spacial score (nSPS) is 11.3. The van der Waals surface area contributed by atoms with Gasteiger partial charge in [-0.05, 0) is 36.4 Å². The summed E-state index contributed by atoms with van der Waals surface area (Å²) in [5, 5.41) is 9.38. The van der Waals surface area contributed by atoms with E-state index in [1.54, 1.807) is 13.2 Å². The predicted octanol–water partition coefficient (Wildman–Crippen LogP) is 5.01. The quantitative estimate of drug-likeness (QED) is 0.549. The lowest BCUT2D eigenvalue weighted by Gasteiger charge is -2.17. The Labute approximate surface area is 145 Å². The Bertz CT molecular complexity index is 758. The smallest absolute Gasteiger partial charge is 0.126 e. The Morgan fingerprint density at radius 2 is 1.87 bits per heavy atom. The van der Waals surface area contributed by atoms with Crippen LogP contribution in [0.5, 0.6) is 5.75 Å². The first-order chi connectivity index (χ1) is 11.2. The number of para-hydroxylation sites is 1. The van der Waals surface area contributed by atoms with Crippen molar-refractivity contribution >= 4 is 27.7 Å². The SMILES string of the molecule is COc1ccccc1/C=C/C=C(\C#N)N(C)c1ccc(Br)cc1. The molecule has 0 fully saturated rings. The van der Waals surface area contributed by atoms with E-state index < -0.39 is 0 Å². The Hall–Kier alpha value is -2.51. The minimum atomic E-state index is 0.554. The zero-order valence-electron chi connectivity index (χ0n) is 13.0. The van der Waals surface area contributed by atoms with Gasteiger partial charge < -0.3 is 9.64 Å². The van der Waals surface area contributed by atoms with Crippen LogP contribution in [0.3, 0.4) is 0 Å². The molecule has 0 saturated carbocycles. The van der Waals surface area contributed by atoms with Gasteiger partial charge in [0.25, 0.3) is 0 Å². The minimum absolute atomic E-state index is 0.554. The fourth-order valence-electron chi connectivity index (χ4n) is 2.07. The van der Waals surface area contributed by atoms with E-state index in [0.717, 1.165) is 21.5 Å². The largest absolute Gasteiger partial charge is 0.496 e. The summed E-state index contributed by atoms with van der Waals surface area (Å²) in [4.78, 5) is 1.85. The molecule has 0 unspecified atom stereocenters. The molecule has 0 aliphatic carbocycles. The monoisotopic (exact) mass is 368 g/mol. The van der Waals surface area contributed by atoms with Crippen LogP contribution in [0.2, 0.25) is 0 Å². The fraction of sp³-hybridized carbons (Fsp3) is 0.105. The van der Waals surface area contributed by atoms with Gasteiger partial charge >= 0.3 is 0 Å². The molecule has 0 saturated heterocycles. The number of methoxy groups -OCH3 is 1. The summed E-state index contributed by atoms with van der Waals surface area (Å²) in [6.45, 7) is 0. The van der Waals surface area contributed by atoms with Crippen LogP contribution in [0.1, 0.15) is 5.56 Å². The zero-order valence-corrected chi connectivity index (χ0v) is 14.6. The fourth-order valence-corrected chi connectivity index (χ4v) is 2.34. The number of nitrogens with zero attached hydrogens (tertiary/aromatic N) is 2. The van der Waals surface area contributed by atoms with Crippen LogP contribution in [0, 0.1) is 11.3 Å². The summed E-state index contributed by atoms with van der Waals surface area (Å²) >= 11 is 3.41. The summed E-state index contributed by atoms with van der Waals surface area (Å²) in [5.41, 5.74) is 2.47. The lowest BCUT2D eigenvalue weighted by atomic mass is 10.2. The summed E-state index contributed by atoms with van der Waals surface area (Å²) in [6.07, 6.45) is 5.56. The van der Waals surface area contributed by atoms with E-state index in [1.807, 2.05) is 72.6 Å². The highest BCUT2D eigenvalue weighted by Crippen LogP contribution is 2.21. The van der Waals surface area contributed by atoms with Gasteiger partial charge in [0.05, 0.1) is 7.11 Å². The van der Waals surface area contributed by atoms with Crippen molar-refractivity contribution in [1.82, 2.24) is 0 Å². The molecule has 0 aliphatic rings. The summed E-state index contributed by atoms with van der Waals surface area (Å²) in [7, 11) is 3.51. The van der Waals surface area contributed by atoms with Crippen LogP contribution in [0.4, 0.5) is 5.69 Å². The third-order valence-electron chi connectivity index (χ3n) is 3.36. The van der Waals surface area contributed by atoms with Gasteiger partial charge in [-0.25, -0.2) is 0 Å². The van der Waals surface area contributed by atoms with Crippen molar-refractivity contribution in [2.45, 2.75) is 0 Å². The average molecular weight is 369 g/mol. The van der Waals surface area contributed by atoms with Crippen LogP contribution in [0.25, 0.3) is 6.08 Å². The standard InChI is InChI=1S/C19H17BrN2O/c1-22(17-12-10-16(20)11-13-17)18(14-21)8-5-7-15-6-3-4-9-19(15)23-2/h3-13H,1-2H3/b7-5+,18-8+. The molecule has 0 aliphatic heterocycles. The molecule has 4 heteroatoms. The first-order valence-corrected chi connectivity index (χ1v) is 7.86. The van der Waals surface area contributed by atoms with Crippen molar-refractivity contribution in [3.63, 3.8) is 0 Å². The van der Waals surface area contributed by atoms with Gasteiger partial charge in [-0.3, -0.25) is 0 Å². The number of nitriles is 1. The van der Waals surface area contributed by atoms with Crippen molar-refractivity contribution in [2.75, 3.05) is 19.1 Å². The third-order valence-corrected chi connectivity index (χ3v) is 3.89. The maximum atomic E-state index is 9.38. The molecule has 0 N–H and O–H groups in total. The number of allylic oxidation sites excluding steroid dienone is 3. The molecule has 2 aromatic rings. The molecule has 2 rings (SSSR count). The number of ether oxygens (including phenoxy) is 1. The van der Waals surface area contributed by atoms with Gasteiger partial charge in [0.2, 0.25) is 0 Å². The van der Waals surface area contributed by atoms with Crippen LogP contribution >= 0.6 is 15.9 Å². The summed E-state index contributed by atoms with van der Waals surface area (Å²) in [6, 6.07) is 17.8. The lowest BCUT2D eigenvalue weighted by molar-refractivity contribution is 0.414. The highest BCUT2D eigenvalue weighted by Gasteiger charge is 2.05. The molecule has 0 spiro atoms. The molecule has 0 atom stereocenters. The van der Waals surface area contributed by atoms with Gasteiger partial charge in [0.15, 0.2) is 0 Å². The Kier molecular flexibility index (Phi) is 6.02. The maximum absolute atomic E-state index is 9.38. The second kappa shape index (κ2) is 8.21. The molecular weight excluding hydrogens is 352 g/mol. The number of anilines is 1. The number of hydrogen-bond acceptors (Lipinski definition) is 3. The minimum Gasteiger partial charge on any atom is -0.496 e. The van der Waals surface area contributed by atoms with Crippen molar-refractivity contribution in [1.29, 1.82) is 5.26 Å². The zero-order chi connectivity index (χ0) is 16.7. The number of rotatable bonds is 5. The van der Waals surface area contributed by atoms with E-state index in [2.05, 4.69) is 22.0 Å². The molecule has 2 aromatic carbocycles. The van der Waals surface area contributed by atoms with Gasteiger partial charge in [0.1, 0.15) is 17.5 Å². The second-order valence-electron chi connectivity index (χ2n) is 4.80. The molecule has 0 bridgehead atoms. The van der Waals surface area contributed by atoms with Crippen LogP contribution in [-0.2, 0) is 0 Å². The number of benzene rings is 2. The second-order valence-corrected chi connectivity index (χ2v) is 5.72. The Morgan fingerprint density at radius 3 is 2.52 bits per heavy atom. The Morgan fingerprint density at radius 1 is 1.17 bits per heavy atom. The van der Waals surface area contributed by atoms with E-state index in [9.17, 15) is 5.26 Å². The molecule has 0 heterocycles. The molecule has 0 amide bonds. The van der Waals surface area contributed by atoms with Crippen molar-refractivity contribution < 1.29 is 4.74 Å². The van der Waals surface area contributed by atoms with Crippen LogP contribution < -0.4 is 9.64 Å². The maximum Gasteiger partial charge on any atom is 0.126 e. The van der Waals surface area contributed by atoms with Gasteiger partial charge in [-0.15, -0.1) is 0 Å². The van der Waals surface area contributed by atoms with E-state index in [-0.39, 0.29) is 0 Å². The van der Waals surface area contributed by atoms with E-state index in [0.29, 0.717) is 5.70 Å². The highest BCUT2D eigenvalue weighted by molar-refractivity contribution is 9.10. The highest BCUT2D eigenvalue weighted by atomic mass is 79.9. The molecule has 3 nitrogen and oxygen atoms in total. The average Bonchev–Trinajstić information content (AvgIpc) is 2.59. The molecule has 23 heavy (non-hydrogen) atoms. The first kappa shape index (κ1) is 16.9. The topological polar surface area (TPSA) is 36.3 Å². The molecule has 0 aromatic heterocycles. The van der Waals surface area contributed by atoms with Gasteiger partial charge in [0, 0.05) is 22.8 Å². The summed E-state index contributed by atoms with van der Waals surface area (Å²) in [5.74, 6) is 0.803. The first-order valence-electron chi connectivity index (χ1n) is 7.06. The number of halogens is 1.